The van der Waals surface area contributed by atoms with Crippen molar-refractivity contribution in [1.82, 2.24) is 4.98 Å². The number of rotatable bonds is 1. The van der Waals surface area contributed by atoms with Crippen LogP contribution < -0.4 is 0 Å². The van der Waals surface area contributed by atoms with Crippen molar-refractivity contribution in [3.05, 3.63) is 28.5 Å². The third-order valence-corrected chi connectivity index (χ3v) is 1.35. The highest BCUT2D eigenvalue weighted by molar-refractivity contribution is 6.30. The van der Waals surface area contributed by atoms with Crippen molar-refractivity contribution in [3.8, 4) is 0 Å². The first-order valence-corrected chi connectivity index (χ1v) is 3.34. The minimum absolute atomic E-state index is 0.0542. The number of aromatic nitrogens is 1. The van der Waals surface area contributed by atoms with Crippen LogP contribution in [0, 0.1) is 6.92 Å². The highest BCUT2D eigenvalue weighted by Gasteiger charge is 1.95. The molecule has 1 aromatic rings. The second-order valence-corrected chi connectivity index (χ2v) is 2.51. The Morgan fingerprint density at radius 3 is 2.80 bits per heavy atom. The average molecular weight is 158 g/mol. The van der Waals surface area contributed by atoms with Crippen molar-refractivity contribution in [2.45, 2.75) is 13.5 Å². The second kappa shape index (κ2) is 2.99. The molecule has 0 bridgehead atoms. The minimum atomic E-state index is -0.0542. The van der Waals surface area contributed by atoms with E-state index in [4.69, 9.17) is 16.7 Å². The third kappa shape index (κ3) is 1.69. The van der Waals surface area contributed by atoms with Crippen molar-refractivity contribution in [2.75, 3.05) is 0 Å². The maximum absolute atomic E-state index is 8.67. The summed E-state index contributed by atoms with van der Waals surface area (Å²) in [5, 5.41) is 9.29. The largest absolute Gasteiger partial charge is 0.390 e. The first kappa shape index (κ1) is 7.51. The maximum atomic E-state index is 8.67. The van der Waals surface area contributed by atoms with Gasteiger partial charge in [0.2, 0.25) is 0 Å². The Labute approximate surface area is 64.5 Å². The molecule has 1 N–H and O–H groups in total. The quantitative estimate of drug-likeness (QED) is 0.671. The topological polar surface area (TPSA) is 33.1 Å². The molecule has 2 nitrogen and oxygen atoms in total. The van der Waals surface area contributed by atoms with Gasteiger partial charge in [-0.1, -0.05) is 11.6 Å². The van der Waals surface area contributed by atoms with Crippen molar-refractivity contribution in [2.24, 2.45) is 0 Å². The van der Waals surface area contributed by atoms with Crippen LogP contribution in [-0.4, -0.2) is 10.1 Å². The smallest absolute Gasteiger partial charge is 0.0853 e. The van der Waals surface area contributed by atoms with Crippen molar-refractivity contribution < 1.29 is 5.11 Å². The first-order chi connectivity index (χ1) is 4.72. The van der Waals surface area contributed by atoms with Gasteiger partial charge in [0.15, 0.2) is 0 Å². The summed E-state index contributed by atoms with van der Waals surface area (Å²) < 4.78 is 0. The van der Waals surface area contributed by atoms with Crippen molar-refractivity contribution in [1.29, 1.82) is 0 Å². The van der Waals surface area contributed by atoms with Crippen molar-refractivity contribution >= 4 is 11.6 Å². The fourth-order valence-corrected chi connectivity index (χ4v) is 1.06. The summed E-state index contributed by atoms with van der Waals surface area (Å²) in [6.45, 7) is 1.78. The number of nitrogens with zero attached hydrogens (tertiary/aromatic N) is 1. The highest BCUT2D eigenvalue weighted by Crippen LogP contribution is 2.10. The average Bonchev–Trinajstić information content (AvgIpc) is 1.85. The van der Waals surface area contributed by atoms with Gasteiger partial charge in [-0.05, 0) is 19.1 Å². The van der Waals surface area contributed by atoms with E-state index < -0.39 is 0 Å². The van der Waals surface area contributed by atoms with Gasteiger partial charge >= 0.3 is 0 Å². The number of hydrogen-bond donors (Lipinski definition) is 1. The van der Waals surface area contributed by atoms with E-state index in [0.29, 0.717) is 10.7 Å². The molecule has 54 valence electrons. The number of hydrogen-bond acceptors (Lipinski definition) is 2. The summed E-state index contributed by atoms with van der Waals surface area (Å²) in [7, 11) is 0. The first-order valence-electron chi connectivity index (χ1n) is 2.96. The van der Waals surface area contributed by atoms with Crippen LogP contribution in [0.4, 0.5) is 0 Å². The monoisotopic (exact) mass is 157 g/mol. The van der Waals surface area contributed by atoms with Crippen LogP contribution >= 0.6 is 11.6 Å². The van der Waals surface area contributed by atoms with Gasteiger partial charge in [-0.3, -0.25) is 4.98 Å². The number of aliphatic hydroxyl groups excluding tert-OH is 1. The standard InChI is InChI=1S/C7H8ClNO/c1-5-2-6(8)3-7(4-10)9-5/h2-3,10H,4H2,1H3. The SMILES string of the molecule is Cc1cc(Cl)cc(CO)n1. The van der Waals surface area contributed by atoms with Crippen LogP contribution in [0.5, 0.6) is 0 Å². The molecule has 0 aromatic carbocycles. The zero-order chi connectivity index (χ0) is 7.56. The Morgan fingerprint density at radius 2 is 2.30 bits per heavy atom. The van der Waals surface area contributed by atoms with Gasteiger partial charge in [-0.25, -0.2) is 0 Å². The van der Waals surface area contributed by atoms with Gasteiger partial charge in [0.25, 0.3) is 0 Å². The van der Waals surface area contributed by atoms with E-state index in [9.17, 15) is 0 Å². The molecule has 0 aliphatic carbocycles. The fraction of sp³-hybridized carbons (Fsp3) is 0.286. The van der Waals surface area contributed by atoms with Crippen LogP contribution in [0.3, 0.4) is 0 Å². The molecule has 10 heavy (non-hydrogen) atoms. The second-order valence-electron chi connectivity index (χ2n) is 2.08. The zero-order valence-corrected chi connectivity index (χ0v) is 6.39. The Kier molecular flexibility index (Phi) is 2.25. The molecule has 0 unspecified atom stereocenters. The summed E-state index contributed by atoms with van der Waals surface area (Å²) in [5.41, 5.74) is 1.45. The lowest BCUT2D eigenvalue weighted by molar-refractivity contribution is 0.276. The van der Waals surface area contributed by atoms with Crippen LogP contribution in [0.25, 0.3) is 0 Å². The van der Waals surface area contributed by atoms with Gasteiger partial charge in [-0.2, -0.15) is 0 Å². The Morgan fingerprint density at radius 1 is 1.60 bits per heavy atom. The molecule has 0 atom stereocenters. The van der Waals surface area contributed by atoms with E-state index in [2.05, 4.69) is 4.98 Å². The zero-order valence-electron chi connectivity index (χ0n) is 5.63. The number of aliphatic hydroxyl groups is 1. The molecule has 3 heteroatoms. The summed E-state index contributed by atoms with van der Waals surface area (Å²) in [6, 6.07) is 3.40. The van der Waals surface area contributed by atoms with E-state index in [0.717, 1.165) is 5.69 Å². The molecule has 0 spiro atoms. The minimum Gasteiger partial charge on any atom is -0.390 e. The molecule has 0 fully saturated rings. The fourth-order valence-electron chi connectivity index (χ4n) is 0.772. The van der Waals surface area contributed by atoms with E-state index in [1.165, 1.54) is 0 Å². The lowest BCUT2D eigenvalue weighted by Gasteiger charge is -1.97. The number of halogens is 1. The molecule has 1 aromatic heterocycles. The van der Waals surface area contributed by atoms with E-state index in [1.54, 1.807) is 12.1 Å². The van der Waals surface area contributed by atoms with Crippen molar-refractivity contribution in [3.63, 3.8) is 0 Å². The van der Waals surface area contributed by atoms with Gasteiger partial charge < -0.3 is 5.11 Å². The van der Waals surface area contributed by atoms with E-state index in [1.807, 2.05) is 6.92 Å². The molecule has 0 saturated heterocycles. The highest BCUT2D eigenvalue weighted by atomic mass is 35.5. The van der Waals surface area contributed by atoms with Crippen LogP contribution in [0.1, 0.15) is 11.4 Å². The molecule has 0 amide bonds. The predicted octanol–water partition coefficient (Wildman–Crippen LogP) is 1.54. The molecule has 1 heterocycles. The van der Waals surface area contributed by atoms with Gasteiger partial charge in [0.05, 0.1) is 12.3 Å². The summed E-state index contributed by atoms with van der Waals surface area (Å²) in [5.74, 6) is 0. The predicted molar refractivity (Wildman–Crippen MR) is 39.9 cm³/mol. The summed E-state index contributed by atoms with van der Waals surface area (Å²) in [6.07, 6.45) is 0. The van der Waals surface area contributed by atoms with Crippen LogP contribution in [-0.2, 0) is 6.61 Å². The Bertz CT molecular complexity index is 217. The molecule has 1 rings (SSSR count). The molecular formula is C7H8ClNO. The lowest BCUT2D eigenvalue weighted by Crippen LogP contribution is -1.90. The lowest BCUT2D eigenvalue weighted by atomic mass is 10.3. The van der Waals surface area contributed by atoms with Crippen LogP contribution in [0.15, 0.2) is 12.1 Å². The number of aryl methyl sites for hydroxylation is 1. The van der Waals surface area contributed by atoms with E-state index in [-0.39, 0.29) is 6.61 Å². The van der Waals surface area contributed by atoms with Gasteiger partial charge in [0, 0.05) is 10.7 Å². The molecule has 0 aliphatic heterocycles. The molecule has 0 radical (unpaired) electrons. The maximum Gasteiger partial charge on any atom is 0.0853 e. The summed E-state index contributed by atoms with van der Waals surface area (Å²) in [4.78, 5) is 4.02. The van der Waals surface area contributed by atoms with Gasteiger partial charge in [-0.15, -0.1) is 0 Å². The normalized spacial score (nSPS) is 9.90. The van der Waals surface area contributed by atoms with E-state index >= 15 is 0 Å². The Hall–Kier alpha value is -0.600. The number of pyridine rings is 1. The van der Waals surface area contributed by atoms with Crippen LogP contribution in [0.2, 0.25) is 5.02 Å². The molecule has 0 saturated carbocycles. The van der Waals surface area contributed by atoms with Gasteiger partial charge in [0.1, 0.15) is 0 Å². The summed E-state index contributed by atoms with van der Waals surface area (Å²) >= 11 is 5.68. The molecular weight excluding hydrogens is 150 g/mol. The molecule has 0 aliphatic rings. The third-order valence-electron chi connectivity index (χ3n) is 1.13. The Balaban J connectivity index is 3.06.